The van der Waals surface area contributed by atoms with Crippen LogP contribution in [0.2, 0.25) is 0 Å². The normalized spacial score (nSPS) is 11.5. The van der Waals surface area contributed by atoms with Crippen LogP contribution < -0.4 is 9.47 Å². The third kappa shape index (κ3) is 4.02. The Morgan fingerprint density at radius 3 is 2.55 bits per heavy atom. The zero-order valence-electron chi connectivity index (χ0n) is 13.3. The minimum absolute atomic E-state index is 0.236. The van der Waals surface area contributed by atoms with E-state index in [-0.39, 0.29) is 5.92 Å². The smallest absolute Gasteiger partial charge is 0.123 e. The largest absolute Gasteiger partial charge is 0.496 e. The molecule has 0 N–H and O–H groups in total. The molecule has 0 bridgehead atoms. The Hall–Kier alpha value is -2.47. The molecule has 0 aliphatic rings. The predicted molar refractivity (Wildman–Crippen MR) is 87.4 cm³/mol. The average Bonchev–Trinajstić information content (AvgIpc) is 2.52. The molecule has 2 rings (SSSR count). The van der Waals surface area contributed by atoms with Gasteiger partial charge in [-0.2, -0.15) is 5.26 Å². The third-order valence-electron chi connectivity index (χ3n) is 3.58. The molecule has 2 aromatic carbocycles. The Balaban J connectivity index is 2.04. The Kier molecular flexibility index (Phi) is 5.43. The van der Waals surface area contributed by atoms with Crippen LogP contribution in [-0.2, 0) is 0 Å². The molecule has 22 heavy (non-hydrogen) atoms. The Morgan fingerprint density at radius 2 is 1.86 bits per heavy atom. The molecular formula is C19H21NO2. The molecule has 0 spiro atoms. The molecule has 3 nitrogen and oxygen atoms in total. The van der Waals surface area contributed by atoms with Crippen molar-refractivity contribution in [2.45, 2.75) is 26.2 Å². The van der Waals surface area contributed by atoms with Gasteiger partial charge in [-0.05, 0) is 37.6 Å². The highest BCUT2D eigenvalue weighted by molar-refractivity contribution is 5.41. The number of rotatable bonds is 6. The molecule has 0 fully saturated rings. The second-order valence-electron chi connectivity index (χ2n) is 5.38. The lowest BCUT2D eigenvalue weighted by atomic mass is 9.95. The summed E-state index contributed by atoms with van der Waals surface area (Å²) in [7, 11) is 1.63. The van der Waals surface area contributed by atoms with Gasteiger partial charge < -0.3 is 9.47 Å². The van der Waals surface area contributed by atoms with Crippen molar-refractivity contribution in [1.29, 1.82) is 5.26 Å². The maximum Gasteiger partial charge on any atom is 0.123 e. The Morgan fingerprint density at radius 1 is 1.09 bits per heavy atom. The molecule has 0 aliphatic heterocycles. The van der Waals surface area contributed by atoms with Crippen LogP contribution in [-0.4, -0.2) is 13.7 Å². The van der Waals surface area contributed by atoms with Crippen molar-refractivity contribution in [2.75, 3.05) is 13.7 Å². The summed E-state index contributed by atoms with van der Waals surface area (Å²) in [6.07, 6.45) is 0.629. The first-order valence-corrected chi connectivity index (χ1v) is 7.37. The SMILES string of the molecule is COc1ccc(C)cc1C(C#N)CCOc1cccc(C)c1. The Labute approximate surface area is 132 Å². The van der Waals surface area contributed by atoms with E-state index in [1.54, 1.807) is 7.11 Å². The summed E-state index contributed by atoms with van der Waals surface area (Å²) in [4.78, 5) is 0. The number of benzene rings is 2. The van der Waals surface area contributed by atoms with Crippen molar-refractivity contribution in [3.63, 3.8) is 0 Å². The zero-order valence-corrected chi connectivity index (χ0v) is 13.3. The Bertz CT molecular complexity index is 673. The number of nitrogens with zero attached hydrogens (tertiary/aromatic N) is 1. The van der Waals surface area contributed by atoms with Crippen LogP contribution in [0.1, 0.15) is 29.0 Å². The van der Waals surface area contributed by atoms with Gasteiger partial charge >= 0.3 is 0 Å². The van der Waals surface area contributed by atoms with E-state index in [0.29, 0.717) is 13.0 Å². The number of nitriles is 1. The summed E-state index contributed by atoms with van der Waals surface area (Å²) in [5.41, 5.74) is 3.21. The van der Waals surface area contributed by atoms with E-state index in [0.717, 1.165) is 28.2 Å². The number of hydrogen-bond donors (Lipinski definition) is 0. The second kappa shape index (κ2) is 7.51. The van der Waals surface area contributed by atoms with Gasteiger partial charge in [-0.1, -0.05) is 29.8 Å². The standard InChI is InChI=1S/C19H21NO2/c1-14-5-4-6-17(11-14)22-10-9-16(13-20)18-12-15(2)7-8-19(18)21-3/h4-8,11-12,16H,9-10H2,1-3H3. The van der Waals surface area contributed by atoms with Crippen molar-refractivity contribution in [1.82, 2.24) is 0 Å². The van der Waals surface area contributed by atoms with E-state index >= 15 is 0 Å². The van der Waals surface area contributed by atoms with Crippen LogP contribution in [0.15, 0.2) is 42.5 Å². The maximum absolute atomic E-state index is 9.47. The molecule has 0 saturated heterocycles. The first-order valence-electron chi connectivity index (χ1n) is 7.37. The van der Waals surface area contributed by atoms with E-state index in [4.69, 9.17) is 9.47 Å². The molecule has 2 aromatic rings. The lowest BCUT2D eigenvalue weighted by Gasteiger charge is -2.15. The number of hydrogen-bond acceptors (Lipinski definition) is 3. The van der Waals surface area contributed by atoms with Gasteiger partial charge in [0.15, 0.2) is 0 Å². The van der Waals surface area contributed by atoms with Gasteiger partial charge in [0.05, 0.1) is 25.7 Å². The third-order valence-corrected chi connectivity index (χ3v) is 3.58. The van der Waals surface area contributed by atoms with Crippen LogP contribution in [0.5, 0.6) is 11.5 Å². The van der Waals surface area contributed by atoms with E-state index < -0.39 is 0 Å². The van der Waals surface area contributed by atoms with Crippen LogP contribution in [0.25, 0.3) is 0 Å². The van der Waals surface area contributed by atoms with E-state index in [1.165, 1.54) is 0 Å². The van der Waals surface area contributed by atoms with Crippen LogP contribution >= 0.6 is 0 Å². The van der Waals surface area contributed by atoms with Crippen molar-refractivity contribution in [3.05, 3.63) is 59.2 Å². The first-order chi connectivity index (χ1) is 10.6. The zero-order chi connectivity index (χ0) is 15.9. The summed E-state index contributed by atoms with van der Waals surface area (Å²) in [6.45, 7) is 4.54. The van der Waals surface area contributed by atoms with Gasteiger partial charge in [-0.15, -0.1) is 0 Å². The quantitative estimate of drug-likeness (QED) is 0.793. The van der Waals surface area contributed by atoms with Gasteiger partial charge in [-0.3, -0.25) is 0 Å². The summed E-state index contributed by atoms with van der Waals surface area (Å²) in [5.74, 6) is 1.36. The molecule has 0 radical (unpaired) electrons. The molecule has 114 valence electrons. The second-order valence-corrected chi connectivity index (χ2v) is 5.38. The first kappa shape index (κ1) is 15.9. The highest BCUT2D eigenvalue weighted by Gasteiger charge is 2.16. The average molecular weight is 295 g/mol. The highest BCUT2D eigenvalue weighted by Crippen LogP contribution is 2.29. The van der Waals surface area contributed by atoms with Gasteiger partial charge in [0.2, 0.25) is 0 Å². The van der Waals surface area contributed by atoms with Gasteiger partial charge in [0, 0.05) is 12.0 Å². The molecular weight excluding hydrogens is 274 g/mol. The summed E-state index contributed by atoms with van der Waals surface area (Å²) in [6, 6.07) is 16.2. The molecule has 1 atom stereocenters. The molecule has 0 aromatic heterocycles. The van der Waals surface area contributed by atoms with Crippen LogP contribution in [0.4, 0.5) is 0 Å². The molecule has 0 aliphatic carbocycles. The number of methoxy groups -OCH3 is 1. The molecule has 0 amide bonds. The van der Waals surface area contributed by atoms with Crippen LogP contribution in [0, 0.1) is 25.2 Å². The summed E-state index contributed by atoms with van der Waals surface area (Å²) < 4.78 is 11.1. The summed E-state index contributed by atoms with van der Waals surface area (Å²) in [5, 5.41) is 9.47. The maximum atomic E-state index is 9.47. The number of aryl methyl sites for hydroxylation is 2. The molecule has 1 unspecified atom stereocenters. The fourth-order valence-electron chi connectivity index (χ4n) is 2.42. The van der Waals surface area contributed by atoms with Gasteiger partial charge in [0.25, 0.3) is 0 Å². The minimum Gasteiger partial charge on any atom is -0.496 e. The number of ether oxygens (including phenoxy) is 2. The van der Waals surface area contributed by atoms with E-state index in [2.05, 4.69) is 6.07 Å². The monoisotopic (exact) mass is 295 g/mol. The minimum atomic E-state index is -0.236. The topological polar surface area (TPSA) is 42.2 Å². The van der Waals surface area contributed by atoms with E-state index in [9.17, 15) is 5.26 Å². The fraction of sp³-hybridized carbons (Fsp3) is 0.316. The van der Waals surface area contributed by atoms with E-state index in [1.807, 2.05) is 56.3 Å². The van der Waals surface area contributed by atoms with Crippen molar-refractivity contribution in [2.24, 2.45) is 0 Å². The molecule has 3 heteroatoms. The fourth-order valence-corrected chi connectivity index (χ4v) is 2.42. The lowest BCUT2D eigenvalue weighted by molar-refractivity contribution is 0.304. The van der Waals surface area contributed by atoms with Crippen molar-refractivity contribution >= 4 is 0 Å². The molecule has 0 heterocycles. The van der Waals surface area contributed by atoms with Crippen molar-refractivity contribution < 1.29 is 9.47 Å². The highest BCUT2D eigenvalue weighted by atomic mass is 16.5. The van der Waals surface area contributed by atoms with Crippen LogP contribution in [0.3, 0.4) is 0 Å². The van der Waals surface area contributed by atoms with Crippen molar-refractivity contribution in [3.8, 4) is 17.6 Å². The van der Waals surface area contributed by atoms with Gasteiger partial charge in [0.1, 0.15) is 11.5 Å². The van der Waals surface area contributed by atoms with Gasteiger partial charge in [-0.25, -0.2) is 0 Å². The summed E-state index contributed by atoms with van der Waals surface area (Å²) >= 11 is 0. The predicted octanol–water partition coefficient (Wildman–Crippen LogP) is 4.39. The lowest BCUT2D eigenvalue weighted by Crippen LogP contribution is -2.06. The molecule has 0 saturated carbocycles.